The highest BCUT2D eigenvalue weighted by Gasteiger charge is 2.32. The molecule has 1 aromatic rings. The molecule has 2 rings (SSSR count). The number of methoxy groups -OCH3 is 1. The first-order valence-electron chi connectivity index (χ1n) is 6.55. The second kappa shape index (κ2) is 7.08. The molecule has 0 radical (unpaired) electrons. The van der Waals surface area contributed by atoms with Crippen LogP contribution in [0, 0.1) is 17.6 Å². The van der Waals surface area contributed by atoms with Crippen molar-refractivity contribution in [2.75, 3.05) is 26.9 Å². The molecule has 1 fully saturated rings. The predicted molar refractivity (Wildman–Crippen MR) is 69.2 cm³/mol. The maximum Gasteiger partial charge on any atom is 0.159 e. The minimum atomic E-state index is -0.857. The summed E-state index contributed by atoms with van der Waals surface area (Å²) in [5.41, 5.74) is 0.651. The molecule has 0 aliphatic carbocycles. The molecule has 1 aliphatic heterocycles. The van der Waals surface area contributed by atoms with Crippen LogP contribution in [0.1, 0.15) is 5.56 Å². The number of ether oxygens (including phenoxy) is 2. The number of aliphatic hydroxyl groups excluding tert-OH is 1. The van der Waals surface area contributed by atoms with Crippen LogP contribution in [0.25, 0.3) is 0 Å². The molecule has 1 aliphatic rings. The van der Waals surface area contributed by atoms with E-state index < -0.39 is 17.7 Å². The first kappa shape index (κ1) is 15.3. The number of benzene rings is 1. The van der Waals surface area contributed by atoms with Crippen molar-refractivity contribution >= 4 is 0 Å². The van der Waals surface area contributed by atoms with Crippen LogP contribution in [-0.2, 0) is 16.0 Å². The van der Waals surface area contributed by atoms with Crippen LogP contribution in [-0.4, -0.2) is 44.2 Å². The fourth-order valence-corrected chi connectivity index (χ4v) is 2.27. The Balaban J connectivity index is 1.81. The Bertz CT molecular complexity index is 444. The summed E-state index contributed by atoms with van der Waals surface area (Å²) in [6, 6.07) is 3.79. The van der Waals surface area contributed by atoms with Crippen LogP contribution in [0.4, 0.5) is 8.78 Å². The van der Waals surface area contributed by atoms with Crippen molar-refractivity contribution in [2.24, 2.45) is 5.92 Å². The smallest absolute Gasteiger partial charge is 0.159 e. The van der Waals surface area contributed by atoms with Crippen molar-refractivity contribution in [1.29, 1.82) is 0 Å². The molecular formula is C14H19F2NO3. The molecule has 1 heterocycles. The molecule has 3 atom stereocenters. The van der Waals surface area contributed by atoms with Gasteiger partial charge in [0, 0.05) is 26.1 Å². The minimum Gasteiger partial charge on any atom is -0.390 e. The van der Waals surface area contributed by atoms with Crippen LogP contribution < -0.4 is 5.32 Å². The normalized spacial score (nSPS) is 26.7. The quantitative estimate of drug-likeness (QED) is 0.851. The van der Waals surface area contributed by atoms with Gasteiger partial charge in [0.15, 0.2) is 11.6 Å². The van der Waals surface area contributed by atoms with Gasteiger partial charge in [-0.25, -0.2) is 8.78 Å². The molecule has 0 aromatic heterocycles. The number of hydrogen-bond donors (Lipinski definition) is 2. The fourth-order valence-electron chi connectivity index (χ4n) is 2.27. The van der Waals surface area contributed by atoms with E-state index >= 15 is 0 Å². The van der Waals surface area contributed by atoms with Gasteiger partial charge in [-0.05, 0) is 17.7 Å². The Labute approximate surface area is 116 Å². The van der Waals surface area contributed by atoms with E-state index in [2.05, 4.69) is 5.32 Å². The van der Waals surface area contributed by atoms with E-state index in [1.807, 2.05) is 0 Å². The number of halogens is 2. The summed E-state index contributed by atoms with van der Waals surface area (Å²) >= 11 is 0. The lowest BCUT2D eigenvalue weighted by Crippen LogP contribution is -2.48. The molecule has 0 amide bonds. The van der Waals surface area contributed by atoms with Gasteiger partial charge in [-0.3, -0.25) is 0 Å². The van der Waals surface area contributed by atoms with Crippen molar-refractivity contribution in [2.45, 2.75) is 18.8 Å². The lowest BCUT2D eigenvalue weighted by molar-refractivity contribution is -0.133. The third kappa shape index (κ3) is 3.73. The van der Waals surface area contributed by atoms with E-state index in [-0.39, 0.29) is 12.0 Å². The SMILES string of the molecule is CO[C@@H]1COC[C@@H](CNCc2ccc(F)c(F)c2)[C@@H]1O. The first-order chi connectivity index (χ1) is 9.61. The largest absolute Gasteiger partial charge is 0.390 e. The summed E-state index contributed by atoms with van der Waals surface area (Å²) in [6.07, 6.45) is -0.912. The third-order valence-corrected chi connectivity index (χ3v) is 3.50. The Morgan fingerprint density at radius 1 is 1.35 bits per heavy atom. The zero-order valence-corrected chi connectivity index (χ0v) is 11.3. The standard InChI is InChI=1S/C14H19F2NO3/c1-19-13-8-20-7-10(14(13)18)6-17-5-9-2-3-11(15)12(16)4-9/h2-4,10,13-14,17-18H,5-8H2,1H3/t10-,13-,14+/m1/s1. The third-order valence-electron chi connectivity index (χ3n) is 3.50. The van der Waals surface area contributed by atoms with Crippen LogP contribution in [0.2, 0.25) is 0 Å². The van der Waals surface area contributed by atoms with Crippen LogP contribution >= 0.6 is 0 Å². The molecule has 6 heteroatoms. The average molecular weight is 287 g/mol. The zero-order valence-electron chi connectivity index (χ0n) is 11.3. The van der Waals surface area contributed by atoms with Crippen molar-refractivity contribution in [3.05, 3.63) is 35.4 Å². The second-order valence-electron chi connectivity index (χ2n) is 4.94. The van der Waals surface area contributed by atoms with Gasteiger partial charge < -0.3 is 19.9 Å². The molecule has 1 saturated heterocycles. The topological polar surface area (TPSA) is 50.7 Å². The summed E-state index contributed by atoms with van der Waals surface area (Å²) in [4.78, 5) is 0. The van der Waals surface area contributed by atoms with E-state index in [0.717, 1.165) is 12.1 Å². The number of nitrogens with one attached hydrogen (secondary N) is 1. The van der Waals surface area contributed by atoms with Gasteiger partial charge in [0.2, 0.25) is 0 Å². The van der Waals surface area contributed by atoms with Crippen molar-refractivity contribution in [3.63, 3.8) is 0 Å². The molecule has 1 aromatic carbocycles. The molecule has 20 heavy (non-hydrogen) atoms. The summed E-state index contributed by atoms with van der Waals surface area (Å²) in [5, 5.41) is 13.2. The number of rotatable bonds is 5. The molecule has 0 saturated carbocycles. The monoisotopic (exact) mass is 287 g/mol. The highest BCUT2D eigenvalue weighted by atomic mass is 19.2. The van der Waals surface area contributed by atoms with Gasteiger partial charge in [0.25, 0.3) is 0 Å². The molecular weight excluding hydrogens is 268 g/mol. The maximum atomic E-state index is 13.0. The molecule has 0 bridgehead atoms. The average Bonchev–Trinajstić information content (AvgIpc) is 2.44. The van der Waals surface area contributed by atoms with E-state index in [1.165, 1.54) is 13.2 Å². The maximum absolute atomic E-state index is 13.0. The van der Waals surface area contributed by atoms with Gasteiger partial charge in [0.05, 0.1) is 19.3 Å². The van der Waals surface area contributed by atoms with E-state index in [9.17, 15) is 13.9 Å². The Hall–Kier alpha value is -1.08. The molecule has 0 spiro atoms. The molecule has 0 unspecified atom stereocenters. The highest BCUT2D eigenvalue weighted by molar-refractivity contribution is 5.17. The Morgan fingerprint density at radius 3 is 2.85 bits per heavy atom. The van der Waals surface area contributed by atoms with E-state index in [0.29, 0.717) is 31.9 Å². The fraction of sp³-hybridized carbons (Fsp3) is 0.571. The van der Waals surface area contributed by atoms with Crippen LogP contribution in [0.15, 0.2) is 18.2 Å². The van der Waals surface area contributed by atoms with Gasteiger partial charge in [-0.15, -0.1) is 0 Å². The number of aliphatic hydroxyl groups is 1. The van der Waals surface area contributed by atoms with Crippen molar-refractivity contribution < 1.29 is 23.4 Å². The summed E-state index contributed by atoms with van der Waals surface area (Å²) in [7, 11) is 1.54. The van der Waals surface area contributed by atoms with Gasteiger partial charge >= 0.3 is 0 Å². The van der Waals surface area contributed by atoms with Gasteiger partial charge in [-0.1, -0.05) is 6.07 Å². The van der Waals surface area contributed by atoms with Gasteiger partial charge in [-0.2, -0.15) is 0 Å². The summed E-state index contributed by atoms with van der Waals surface area (Å²) in [5.74, 6) is -1.79. The first-order valence-corrected chi connectivity index (χ1v) is 6.55. The number of hydrogen-bond acceptors (Lipinski definition) is 4. The Morgan fingerprint density at radius 2 is 2.15 bits per heavy atom. The summed E-state index contributed by atoms with van der Waals surface area (Å²) in [6.45, 7) is 1.75. The highest BCUT2D eigenvalue weighted by Crippen LogP contribution is 2.17. The lowest BCUT2D eigenvalue weighted by atomic mass is 9.96. The van der Waals surface area contributed by atoms with Crippen LogP contribution in [0.5, 0.6) is 0 Å². The molecule has 2 N–H and O–H groups in total. The van der Waals surface area contributed by atoms with E-state index in [4.69, 9.17) is 9.47 Å². The minimum absolute atomic E-state index is 0.0843. The Kier molecular flexibility index (Phi) is 5.42. The molecule has 112 valence electrons. The van der Waals surface area contributed by atoms with Crippen LogP contribution in [0.3, 0.4) is 0 Å². The van der Waals surface area contributed by atoms with Gasteiger partial charge in [0.1, 0.15) is 6.10 Å². The molecule has 4 nitrogen and oxygen atoms in total. The predicted octanol–water partition coefficient (Wildman–Crippen LogP) is 1.08. The zero-order chi connectivity index (χ0) is 14.5. The van der Waals surface area contributed by atoms with Crippen molar-refractivity contribution in [3.8, 4) is 0 Å². The summed E-state index contributed by atoms with van der Waals surface area (Å²) < 4.78 is 36.3. The lowest BCUT2D eigenvalue weighted by Gasteiger charge is -2.33. The van der Waals surface area contributed by atoms with E-state index in [1.54, 1.807) is 0 Å². The second-order valence-corrected chi connectivity index (χ2v) is 4.94. The van der Waals surface area contributed by atoms with Crippen molar-refractivity contribution in [1.82, 2.24) is 5.32 Å².